The average molecular weight is 378 g/mol. The Morgan fingerprint density at radius 2 is 1.74 bits per heavy atom. The van der Waals surface area contributed by atoms with Crippen LogP contribution in [0.25, 0.3) is 0 Å². The van der Waals surface area contributed by atoms with Gasteiger partial charge in [-0.2, -0.15) is 0 Å². The van der Waals surface area contributed by atoms with Crippen LogP contribution in [0.15, 0.2) is 45.8 Å². The van der Waals surface area contributed by atoms with Crippen molar-refractivity contribution < 1.29 is 9.59 Å². The van der Waals surface area contributed by atoms with Crippen LogP contribution in [0.4, 0.5) is 5.69 Å². The molecule has 2 amide bonds. The van der Waals surface area contributed by atoms with E-state index in [0.29, 0.717) is 11.1 Å². The number of rotatable bonds is 3. The molecule has 2 rings (SSSR count). The molecule has 1 aromatic carbocycles. The third-order valence-corrected chi connectivity index (χ3v) is 3.72. The molecule has 7 heteroatoms. The van der Waals surface area contributed by atoms with Crippen molar-refractivity contribution in [2.75, 3.05) is 19.4 Å². The molecule has 0 aliphatic carbocycles. The molecule has 1 N–H and O–H groups in total. The van der Waals surface area contributed by atoms with Gasteiger partial charge in [-0.1, -0.05) is 15.9 Å². The number of amides is 2. The van der Waals surface area contributed by atoms with Crippen molar-refractivity contribution in [1.82, 2.24) is 9.47 Å². The van der Waals surface area contributed by atoms with Crippen LogP contribution >= 0.6 is 15.9 Å². The lowest BCUT2D eigenvalue weighted by Gasteiger charge is -2.13. The lowest BCUT2D eigenvalue weighted by atomic mass is 10.2. The smallest absolute Gasteiger partial charge is 0.274 e. The summed E-state index contributed by atoms with van der Waals surface area (Å²) in [5, 5.41) is 2.56. The summed E-state index contributed by atoms with van der Waals surface area (Å²) in [6.07, 6.45) is 1.44. The van der Waals surface area contributed by atoms with Crippen LogP contribution in [0.5, 0.6) is 0 Å². The highest BCUT2D eigenvalue weighted by Gasteiger charge is 2.15. The number of carbonyl (C=O) groups is 2. The molecule has 0 spiro atoms. The van der Waals surface area contributed by atoms with Crippen molar-refractivity contribution in [3.05, 3.63) is 62.5 Å². The molecular weight excluding hydrogens is 362 g/mol. The fourth-order valence-corrected chi connectivity index (χ4v) is 2.24. The molecule has 0 aliphatic heterocycles. The number of carbonyl (C=O) groups excluding carboxylic acids is 2. The number of hydrogen-bond acceptors (Lipinski definition) is 3. The van der Waals surface area contributed by atoms with E-state index in [2.05, 4.69) is 21.2 Å². The first kappa shape index (κ1) is 17.0. The maximum Gasteiger partial charge on any atom is 0.274 e. The quantitative estimate of drug-likeness (QED) is 0.889. The number of pyridine rings is 1. The summed E-state index contributed by atoms with van der Waals surface area (Å²) in [4.78, 5) is 37.8. The third kappa shape index (κ3) is 3.87. The predicted octanol–water partition coefficient (Wildman–Crippen LogP) is 2.10. The Morgan fingerprint density at radius 1 is 1.13 bits per heavy atom. The van der Waals surface area contributed by atoms with Gasteiger partial charge in [0.25, 0.3) is 17.4 Å². The van der Waals surface area contributed by atoms with E-state index >= 15 is 0 Å². The average Bonchev–Trinajstić information content (AvgIpc) is 2.51. The Labute approximate surface area is 141 Å². The minimum atomic E-state index is -0.413. The Balaban J connectivity index is 2.35. The van der Waals surface area contributed by atoms with E-state index in [9.17, 15) is 14.4 Å². The van der Waals surface area contributed by atoms with Crippen LogP contribution in [0, 0.1) is 0 Å². The normalized spacial score (nSPS) is 10.3. The summed E-state index contributed by atoms with van der Waals surface area (Å²) in [5.74, 6) is -0.663. The van der Waals surface area contributed by atoms with Crippen LogP contribution in [0.1, 0.15) is 20.7 Å². The molecule has 1 heterocycles. The molecule has 1 aromatic heterocycles. The van der Waals surface area contributed by atoms with Gasteiger partial charge in [0.15, 0.2) is 0 Å². The second-order valence-electron chi connectivity index (χ2n) is 5.22. The molecule has 120 valence electrons. The zero-order valence-corrected chi connectivity index (χ0v) is 14.5. The van der Waals surface area contributed by atoms with Gasteiger partial charge in [-0.3, -0.25) is 14.4 Å². The number of nitrogens with one attached hydrogen (secondary N) is 1. The van der Waals surface area contributed by atoms with Gasteiger partial charge in [0.2, 0.25) is 0 Å². The van der Waals surface area contributed by atoms with E-state index in [-0.39, 0.29) is 17.2 Å². The van der Waals surface area contributed by atoms with Gasteiger partial charge in [0, 0.05) is 37.4 Å². The summed E-state index contributed by atoms with van der Waals surface area (Å²) in [6.45, 7) is 0. The Morgan fingerprint density at radius 3 is 2.30 bits per heavy atom. The van der Waals surface area contributed by atoms with E-state index in [1.807, 2.05) is 0 Å². The van der Waals surface area contributed by atoms with Crippen LogP contribution in [-0.4, -0.2) is 35.4 Å². The van der Waals surface area contributed by atoms with Crippen molar-refractivity contribution in [2.45, 2.75) is 0 Å². The zero-order valence-electron chi connectivity index (χ0n) is 13.0. The van der Waals surface area contributed by atoms with Crippen molar-refractivity contribution in [3.63, 3.8) is 0 Å². The number of aromatic nitrogens is 1. The molecule has 0 radical (unpaired) electrons. The first-order valence-electron chi connectivity index (χ1n) is 6.79. The highest BCUT2D eigenvalue weighted by atomic mass is 79.9. The van der Waals surface area contributed by atoms with Crippen LogP contribution in [0.2, 0.25) is 0 Å². The summed E-state index contributed by atoms with van der Waals surface area (Å²) in [7, 11) is 4.77. The largest absolute Gasteiger partial charge is 0.345 e. The van der Waals surface area contributed by atoms with Crippen molar-refractivity contribution in [2.24, 2.45) is 7.05 Å². The second kappa shape index (κ2) is 6.78. The van der Waals surface area contributed by atoms with Crippen LogP contribution in [-0.2, 0) is 7.05 Å². The summed E-state index contributed by atoms with van der Waals surface area (Å²) in [6, 6.07) is 8.14. The molecule has 2 aromatic rings. The molecule has 6 nitrogen and oxygen atoms in total. The van der Waals surface area contributed by atoms with E-state index in [4.69, 9.17) is 0 Å². The summed E-state index contributed by atoms with van der Waals surface area (Å²) < 4.78 is 2.12. The summed E-state index contributed by atoms with van der Waals surface area (Å²) in [5.41, 5.74) is 0.418. The van der Waals surface area contributed by atoms with Crippen LogP contribution < -0.4 is 10.9 Å². The maximum absolute atomic E-state index is 12.2. The van der Waals surface area contributed by atoms with Gasteiger partial charge in [0.1, 0.15) is 5.69 Å². The van der Waals surface area contributed by atoms with E-state index in [1.54, 1.807) is 38.4 Å². The molecular formula is C16H16BrN3O3. The number of halogens is 1. The first-order valence-corrected chi connectivity index (χ1v) is 7.58. The van der Waals surface area contributed by atoms with Gasteiger partial charge in [-0.05, 0) is 30.3 Å². The van der Waals surface area contributed by atoms with Crippen molar-refractivity contribution in [1.29, 1.82) is 0 Å². The van der Waals surface area contributed by atoms with E-state index in [1.165, 1.54) is 28.8 Å². The molecule has 0 saturated heterocycles. The number of anilines is 1. The van der Waals surface area contributed by atoms with Gasteiger partial charge >= 0.3 is 0 Å². The van der Waals surface area contributed by atoms with Crippen molar-refractivity contribution >= 4 is 33.4 Å². The van der Waals surface area contributed by atoms with Gasteiger partial charge in [0.05, 0.1) is 5.56 Å². The number of aryl methyl sites for hydroxylation is 1. The molecule has 0 unspecified atom stereocenters. The highest BCUT2D eigenvalue weighted by Crippen LogP contribution is 2.13. The standard InChI is InChI=1S/C16H16BrN3O3/c1-19(2)15(22)11-8-13(16(23)20(3)9-11)18-14(21)10-4-6-12(17)7-5-10/h4-9H,1-3H3,(H,18,21). The first-order chi connectivity index (χ1) is 10.8. The molecule has 0 bridgehead atoms. The van der Waals surface area contributed by atoms with Gasteiger partial charge < -0.3 is 14.8 Å². The topological polar surface area (TPSA) is 71.4 Å². The molecule has 23 heavy (non-hydrogen) atoms. The highest BCUT2D eigenvalue weighted by molar-refractivity contribution is 9.10. The lowest BCUT2D eigenvalue weighted by Crippen LogP contribution is -2.28. The molecule has 0 aliphatic rings. The Bertz CT molecular complexity index is 810. The SMILES string of the molecule is CN(C)C(=O)c1cc(NC(=O)c2ccc(Br)cc2)c(=O)n(C)c1. The Hall–Kier alpha value is -2.41. The number of nitrogens with zero attached hydrogens (tertiary/aromatic N) is 2. The predicted molar refractivity (Wildman–Crippen MR) is 91.8 cm³/mol. The van der Waals surface area contributed by atoms with Crippen molar-refractivity contribution in [3.8, 4) is 0 Å². The zero-order chi connectivity index (χ0) is 17.1. The van der Waals surface area contributed by atoms with Gasteiger partial charge in [-0.25, -0.2) is 0 Å². The maximum atomic E-state index is 12.2. The fourth-order valence-electron chi connectivity index (χ4n) is 1.97. The number of hydrogen-bond donors (Lipinski definition) is 1. The second-order valence-corrected chi connectivity index (χ2v) is 6.13. The van der Waals surface area contributed by atoms with Gasteiger partial charge in [-0.15, -0.1) is 0 Å². The monoisotopic (exact) mass is 377 g/mol. The Kier molecular flexibility index (Phi) is 5.00. The van der Waals surface area contributed by atoms with E-state index < -0.39 is 5.91 Å². The molecule has 0 saturated carbocycles. The number of benzene rings is 1. The summed E-state index contributed by atoms with van der Waals surface area (Å²) >= 11 is 3.29. The van der Waals surface area contributed by atoms with Crippen LogP contribution in [0.3, 0.4) is 0 Å². The molecule has 0 fully saturated rings. The molecule has 0 atom stereocenters. The minimum Gasteiger partial charge on any atom is -0.345 e. The van der Waals surface area contributed by atoms with E-state index in [0.717, 1.165) is 4.47 Å². The fraction of sp³-hybridized carbons (Fsp3) is 0.188. The minimum absolute atomic E-state index is 0.0631. The third-order valence-electron chi connectivity index (χ3n) is 3.19. The lowest BCUT2D eigenvalue weighted by molar-refractivity contribution is 0.0826.